The Hall–Kier alpha value is -0.920. The van der Waals surface area contributed by atoms with Crippen LogP contribution < -0.4 is 0 Å². The Morgan fingerprint density at radius 3 is 2.75 bits per heavy atom. The van der Waals surface area contributed by atoms with Gasteiger partial charge in [-0.1, -0.05) is 13.0 Å². The van der Waals surface area contributed by atoms with E-state index >= 15 is 0 Å². The van der Waals surface area contributed by atoms with Crippen LogP contribution >= 0.6 is 0 Å². The first-order chi connectivity index (χ1) is 5.66. The van der Waals surface area contributed by atoms with E-state index in [4.69, 9.17) is 0 Å². The third-order valence-electron chi connectivity index (χ3n) is 2.34. The molecule has 66 valence electrons. The van der Waals surface area contributed by atoms with E-state index in [9.17, 15) is 9.59 Å². The maximum atomic E-state index is 11.3. The zero-order valence-corrected chi connectivity index (χ0v) is 7.59. The third-order valence-corrected chi connectivity index (χ3v) is 2.34. The molecule has 0 amide bonds. The van der Waals surface area contributed by atoms with Crippen molar-refractivity contribution in [1.29, 1.82) is 0 Å². The lowest BCUT2D eigenvalue weighted by atomic mass is 9.93. The molecule has 0 saturated heterocycles. The molecule has 0 saturated carbocycles. The van der Waals surface area contributed by atoms with Gasteiger partial charge in [0.05, 0.1) is 0 Å². The summed E-state index contributed by atoms with van der Waals surface area (Å²) in [7, 11) is 0. The van der Waals surface area contributed by atoms with Crippen LogP contribution in [0.5, 0.6) is 0 Å². The Labute approximate surface area is 72.7 Å². The van der Waals surface area contributed by atoms with Crippen molar-refractivity contribution >= 4 is 11.6 Å². The summed E-state index contributed by atoms with van der Waals surface area (Å²) in [6.07, 6.45) is 4.16. The van der Waals surface area contributed by atoms with E-state index in [2.05, 4.69) is 0 Å². The predicted molar refractivity (Wildman–Crippen MR) is 46.8 cm³/mol. The van der Waals surface area contributed by atoms with Crippen molar-refractivity contribution in [1.82, 2.24) is 0 Å². The number of Topliss-reactive ketones (excluding diaryl/α,β-unsaturated/α-hetero) is 2. The van der Waals surface area contributed by atoms with Crippen LogP contribution in [0.1, 0.15) is 33.1 Å². The average molecular weight is 166 g/mol. The van der Waals surface area contributed by atoms with Crippen LogP contribution in [0.15, 0.2) is 11.6 Å². The Morgan fingerprint density at radius 2 is 2.25 bits per heavy atom. The van der Waals surface area contributed by atoms with E-state index in [1.165, 1.54) is 6.92 Å². The molecular weight excluding hydrogens is 152 g/mol. The lowest BCUT2D eigenvalue weighted by Gasteiger charge is -2.09. The summed E-state index contributed by atoms with van der Waals surface area (Å²) >= 11 is 0. The standard InChI is InChI=1S/C10H14O2/c1-3-10(12)9-6-4-5-8(9)7(2)11/h5,9H,3-4,6H2,1-2H3. The smallest absolute Gasteiger partial charge is 0.156 e. The van der Waals surface area contributed by atoms with E-state index in [1.807, 2.05) is 13.0 Å². The van der Waals surface area contributed by atoms with Crippen LogP contribution in [0.4, 0.5) is 0 Å². The minimum atomic E-state index is -0.0903. The highest BCUT2D eigenvalue weighted by Crippen LogP contribution is 2.27. The number of allylic oxidation sites excluding steroid dienone is 2. The highest BCUT2D eigenvalue weighted by atomic mass is 16.1. The van der Waals surface area contributed by atoms with Crippen molar-refractivity contribution in [2.75, 3.05) is 0 Å². The zero-order chi connectivity index (χ0) is 9.14. The van der Waals surface area contributed by atoms with E-state index in [0.29, 0.717) is 6.42 Å². The van der Waals surface area contributed by atoms with Gasteiger partial charge in [0.1, 0.15) is 5.78 Å². The number of ketones is 2. The lowest BCUT2D eigenvalue weighted by Crippen LogP contribution is -2.16. The second kappa shape index (κ2) is 3.65. The highest BCUT2D eigenvalue weighted by Gasteiger charge is 2.27. The molecule has 0 aromatic carbocycles. The molecule has 0 fully saturated rings. The third kappa shape index (κ3) is 1.63. The van der Waals surface area contributed by atoms with Crippen LogP contribution in [-0.4, -0.2) is 11.6 Å². The number of rotatable bonds is 3. The number of carbonyl (C=O) groups is 2. The fourth-order valence-electron chi connectivity index (χ4n) is 1.67. The van der Waals surface area contributed by atoms with Crippen LogP contribution in [0, 0.1) is 5.92 Å². The molecule has 1 aliphatic carbocycles. The lowest BCUT2D eigenvalue weighted by molar-refractivity contribution is -0.123. The normalized spacial score (nSPS) is 22.2. The molecule has 0 heterocycles. The van der Waals surface area contributed by atoms with Gasteiger partial charge in [0.2, 0.25) is 0 Å². The summed E-state index contributed by atoms with van der Waals surface area (Å²) in [5, 5.41) is 0. The second-order valence-electron chi connectivity index (χ2n) is 3.17. The molecule has 0 aromatic rings. The molecular formula is C10H14O2. The van der Waals surface area contributed by atoms with Gasteiger partial charge in [-0.05, 0) is 19.8 Å². The SMILES string of the molecule is CCC(=O)C1CCC=C1C(C)=O. The van der Waals surface area contributed by atoms with Gasteiger partial charge >= 0.3 is 0 Å². The molecule has 0 bridgehead atoms. The molecule has 12 heavy (non-hydrogen) atoms. The van der Waals surface area contributed by atoms with Crippen molar-refractivity contribution in [2.24, 2.45) is 5.92 Å². The van der Waals surface area contributed by atoms with Crippen molar-refractivity contribution in [2.45, 2.75) is 33.1 Å². The van der Waals surface area contributed by atoms with E-state index in [0.717, 1.165) is 18.4 Å². The molecule has 2 heteroatoms. The Morgan fingerprint density at radius 1 is 1.58 bits per heavy atom. The van der Waals surface area contributed by atoms with Gasteiger partial charge in [0.15, 0.2) is 5.78 Å². The fraction of sp³-hybridized carbons (Fsp3) is 0.600. The summed E-state index contributed by atoms with van der Waals surface area (Å²) in [6.45, 7) is 3.38. The summed E-state index contributed by atoms with van der Waals surface area (Å²) in [5.41, 5.74) is 0.738. The monoisotopic (exact) mass is 166 g/mol. The minimum Gasteiger partial charge on any atom is -0.299 e. The van der Waals surface area contributed by atoms with E-state index < -0.39 is 0 Å². The summed E-state index contributed by atoms with van der Waals surface area (Å²) in [5.74, 6) is 0.167. The largest absolute Gasteiger partial charge is 0.299 e. The van der Waals surface area contributed by atoms with Crippen molar-refractivity contribution < 1.29 is 9.59 Å². The first-order valence-corrected chi connectivity index (χ1v) is 4.40. The van der Waals surface area contributed by atoms with Crippen LogP contribution in [-0.2, 0) is 9.59 Å². The van der Waals surface area contributed by atoms with Crippen LogP contribution in [0.2, 0.25) is 0 Å². The molecule has 0 radical (unpaired) electrons. The maximum Gasteiger partial charge on any atom is 0.156 e. The summed E-state index contributed by atoms with van der Waals surface area (Å²) in [6, 6.07) is 0. The Balaban J connectivity index is 2.74. The van der Waals surface area contributed by atoms with Crippen molar-refractivity contribution in [3.8, 4) is 0 Å². The minimum absolute atomic E-state index is 0.0549. The summed E-state index contributed by atoms with van der Waals surface area (Å²) in [4.78, 5) is 22.4. The molecule has 0 N–H and O–H groups in total. The van der Waals surface area contributed by atoms with E-state index in [1.54, 1.807) is 0 Å². The molecule has 0 aliphatic heterocycles. The molecule has 1 rings (SSSR count). The molecule has 1 aliphatic rings. The Kier molecular flexibility index (Phi) is 2.79. The Bertz CT molecular complexity index is 238. The molecule has 2 nitrogen and oxygen atoms in total. The average Bonchev–Trinajstić information content (AvgIpc) is 2.50. The number of hydrogen-bond donors (Lipinski definition) is 0. The second-order valence-corrected chi connectivity index (χ2v) is 3.17. The maximum absolute atomic E-state index is 11.3. The van der Waals surface area contributed by atoms with Gasteiger partial charge < -0.3 is 0 Å². The fourth-order valence-corrected chi connectivity index (χ4v) is 1.67. The van der Waals surface area contributed by atoms with Crippen molar-refractivity contribution in [3.63, 3.8) is 0 Å². The van der Waals surface area contributed by atoms with Gasteiger partial charge in [-0.15, -0.1) is 0 Å². The predicted octanol–water partition coefficient (Wildman–Crippen LogP) is 1.89. The topological polar surface area (TPSA) is 34.1 Å². The van der Waals surface area contributed by atoms with Gasteiger partial charge in [0.25, 0.3) is 0 Å². The van der Waals surface area contributed by atoms with Gasteiger partial charge in [-0.2, -0.15) is 0 Å². The summed E-state index contributed by atoms with van der Waals surface area (Å²) < 4.78 is 0. The van der Waals surface area contributed by atoms with Crippen LogP contribution in [0.25, 0.3) is 0 Å². The quantitative estimate of drug-likeness (QED) is 0.641. The number of hydrogen-bond acceptors (Lipinski definition) is 2. The van der Waals surface area contributed by atoms with Crippen LogP contribution in [0.3, 0.4) is 0 Å². The molecule has 0 aromatic heterocycles. The van der Waals surface area contributed by atoms with Gasteiger partial charge in [-0.25, -0.2) is 0 Å². The molecule has 1 unspecified atom stereocenters. The number of carbonyl (C=O) groups excluding carboxylic acids is 2. The van der Waals surface area contributed by atoms with Crippen molar-refractivity contribution in [3.05, 3.63) is 11.6 Å². The molecule has 0 spiro atoms. The van der Waals surface area contributed by atoms with Gasteiger partial charge in [-0.3, -0.25) is 9.59 Å². The van der Waals surface area contributed by atoms with E-state index in [-0.39, 0.29) is 17.5 Å². The zero-order valence-electron chi connectivity index (χ0n) is 7.59. The first kappa shape index (κ1) is 9.17. The molecule has 1 atom stereocenters. The highest BCUT2D eigenvalue weighted by molar-refractivity contribution is 6.01. The van der Waals surface area contributed by atoms with Gasteiger partial charge in [0, 0.05) is 17.9 Å². The first-order valence-electron chi connectivity index (χ1n) is 4.40.